The van der Waals surface area contributed by atoms with E-state index in [9.17, 15) is 10.1 Å². The van der Waals surface area contributed by atoms with Crippen LogP contribution in [0.1, 0.15) is 5.56 Å². The van der Waals surface area contributed by atoms with Crippen molar-refractivity contribution in [2.75, 3.05) is 0 Å². The van der Waals surface area contributed by atoms with E-state index in [0.717, 1.165) is 10.0 Å². The molecule has 0 N–H and O–H groups in total. The molecule has 1 aromatic carbocycles. The lowest BCUT2D eigenvalue weighted by Crippen LogP contribution is -1.90. The van der Waals surface area contributed by atoms with Gasteiger partial charge >= 0.3 is 0 Å². The fourth-order valence-electron chi connectivity index (χ4n) is 0.776. The quantitative estimate of drug-likeness (QED) is 0.588. The summed E-state index contributed by atoms with van der Waals surface area (Å²) in [5.41, 5.74) is 1.04. The van der Waals surface area contributed by atoms with Gasteiger partial charge in [-0.25, -0.2) is 0 Å². The number of aryl methyl sites for hydroxylation is 1. The van der Waals surface area contributed by atoms with Crippen LogP contribution in [0.2, 0.25) is 0 Å². The first-order valence-electron chi connectivity index (χ1n) is 3.12. The number of halogens is 2. The number of nitrogens with zero attached hydrogens (tertiary/aromatic N) is 1. The van der Waals surface area contributed by atoms with Gasteiger partial charge in [0.05, 0.1) is 9.40 Å². The van der Waals surface area contributed by atoms with E-state index in [-0.39, 0.29) is 5.69 Å². The second-order valence-corrected chi connectivity index (χ2v) is 4.02. The van der Waals surface area contributed by atoms with E-state index in [4.69, 9.17) is 0 Å². The molecule has 0 spiro atoms. The first kappa shape index (κ1) is 9.67. The fraction of sp³-hybridized carbons (Fsp3) is 0.143. The van der Waals surface area contributed by atoms with Gasteiger partial charge in [-0.1, -0.05) is 15.9 Å². The van der Waals surface area contributed by atoms with Crippen molar-refractivity contribution in [3.63, 3.8) is 0 Å². The number of nitro benzene ring substituents is 1. The molecule has 0 heterocycles. The Hall–Kier alpha value is -0.420. The zero-order chi connectivity index (χ0) is 9.30. The molecule has 0 aromatic heterocycles. The number of nitro groups is 1. The lowest BCUT2D eigenvalue weighted by molar-refractivity contribution is -0.385. The predicted octanol–water partition coefficient (Wildman–Crippen LogP) is 3.43. The average Bonchev–Trinajstić information content (AvgIpc) is 1.96. The Morgan fingerprint density at radius 1 is 1.33 bits per heavy atom. The minimum absolute atomic E-state index is 0.0764. The van der Waals surface area contributed by atoms with Crippen molar-refractivity contribution in [1.82, 2.24) is 0 Å². The second-order valence-electron chi connectivity index (χ2n) is 2.31. The predicted molar refractivity (Wildman–Crippen MR) is 53.2 cm³/mol. The van der Waals surface area contributed by atoms with Gasteiger partial charge in [0.1, 0.15) is 0 Å². The summed E-state index contributed by atoms with van der Waals surface area (Å²) < 4.78 is 1.26. The molecule has 5 heteroatoms. The lowest BCUT2D eigenvalue weighted by atomic mass is 10.2. The number of rotatable bonds is 1. The molecule has 0 radical (unpaired) electrons. The summed E-state index contributed by atoms with van der Waals surface area (Å²) in [7, 11) is 0. The molecule has 0 atom stereocenters. The first-order valence-corrected chi connectivity index (χ1v) is 4.71. The SMILES string of the molecule is Cc1cc(Br)c([N+](=O)[O-])cc1Br. The summed E-state index contributed by atoms with van der Waals surface area (Å²) in [5, 5.41) is 10.4. The van der Waals surface area contributed by atoms with Crippen LogP contribution in [0.25, 0.3) is 0 Å². The van der Waals surface area contributed by atoms with Crippen LogP contribution in [0.15, 0.2) is 21.1 Å². The molecule has 0 saturated heterocycles. The van der Waals surface area contributed by atoms with Crippen LogP contribution < -0.4 is 0 Å². The molecule has 0 unspecified atom stereocenters. The molecule has 1 rings (SSSR count). The first-order chi connectivity index (χ1) is 5.52. The van der Waals surface area contributed by atoms with E-state index in [2.05, 4.69) is 31.9 Å². The highest BCUT2D eigenvalue weighted by Crippen LogP contribution is 2.30. The highest BCUT2D eigenvalue weighted by Gasteiger charge is 2.13. The van der Waals surface area contributed by atoms with Gasteiger partial charge < -0.3 is 0 Å². The van der Waals surface area contributed by atoms with Gasteiger partial charge in [-0.15, -0.1) is 0 Å². The Bertz CT molecular complexity index is 338. The summed E-state index contributed by atoms with van der Waals surface area (Å²) >= 11 is 6.34. The van der Waals surface area contributed by atoms with E-state index in [1.165, 1.54) is 6.07 Å². The number of hydrogen-bond acceptors (Lipinski definition) is 2. The third-order valence-electron chi connectivity index (χ3n) is 1.42. The summed E-state index contributed by atoms with van der Waals surface area (Å²) in [6, 6.07) is 3.20. The molecule has 3 nitrogen and oxygen atoms in total. The summed E-state index contributed by atoms with van der Waals surface area (Å²) in [4.78, 5) is 10.0. The van der Waals surface area contributed by atoms with Gasteiger partial charge in [-0.3, -0.25) is 10.1 Å². The Balaban J connectivity index is 3.33. The molecule has 0 aliphatic rings. The van der Waals surface area contributed by atoms with Crippen molar-refractivity contribution in [1.29, 1.82) is 0 Å². The topological polar surface area (TPSA) is 43.1 Å². The molecular weight excluding hydrogens is 290 g/mol. The summed E-state index contributed by atoms with van der Waals surface area (Å²) in [5.74, 6) is 0. The molecule has 0 bridgehead atoms. The molecule has 64 valence electrons. The zero-order valence-corrected chi connectivity index (χ0v) is 9.35. The van der Waals surface area contributed by atoms with E-state index >= 15 is 0 Å². The number of hydrogen-bond donors (Lipinski definition) is 0. The molecule has 0 amide bonds. The van der Waals surface area contributed by atoms with Crippen LogP contribution in [0.3, 0.4) is 0 Å². The zero-order valence-electron chi connectivity index (χ0n) is 6.17. The maximum absolute atomic E-state index is 10.4. The normalized spacial score (nSPS) is 9.92. The fourth-order valence-corrected chi connectivity index (χ4v) is 1.71. The molecule has 0 fully saturated rings. The second kappa shape index (κ2) is 3.53. The van der Waals surface area contributed by atoms with Crippen LogP contribution in [0.4, 0.5) is 5.69 Å². The molecule has 0 saturated carbocycles. The Labute approximate surface area is 86.2 Å². The smallest absolute Gasteiger partial charge is 0.258 e. The van der Waals surface area contributed by atoms with Gasteiger partial charge in [0.15, 0.2) is 0 Å². The van der Waals surface area contributed by atoms with Crippen molar-refractivity contribution in [3.05, 3.63) is 36.8 Å². The van der Waals surface area contributed by atoms with Gasteiger partial charge in [-0.2, -0.15) is 0 Å². The van der Waals surface area contributed by atoms with E-state index in [1.807, 2.05) is 6.92 Å². The minimum atomic E-state index is -0.422. The van der Waals surface area contributed by atoms with Crippen LogP contribution in [-0.2, 0) is 0 Å². The van der Waals surface area contributed by atoms with E-state index in [0.29, 0.717) is 4.47 Å². The number of benzene rings is 1. The van der Waals surface area contributed by atoms with Gasteiger partial charge in [0.25, 0.3) is 5.69 Å². The Morgan fingerprint density at radius 2 is 1.92 bits per heavy atom. The molecule has 0 aliphatic carbocycles. The van der Waals surface area contributed by atoms with Gasteiger partial charge in [0.2, 0.25) is 0 Å². The van der Waals surface area contributed by atoms with Crippen molar-refractivity contribution in [2.24, 2.45) is 0 Å². The monoisotopic (exact) mass is 293 g/mol. The molecular formula is C7H5Br2NO2. The Kier molecular flexibility index (Phi) is 2.85. The highest BCUT2D eigenvalue weighted by molar-refractivity contribution is 9.11. The van der Waals surface area contributed by atoms with Crippen LogP contribution in [0, 0.1) is 17.0 Å². The molecule has 0 aliphatic heterocycles. The lowest BCUT2D eigenvalue weighted by Gasteiger charge is -1.99. The standard InChI is InChI=1S/C7H5Br2NO2/c1-4-2-6(9)7(10(11)12)3-5(4)8/h2-3H,1H3. The van der Waals surface area contributed by atoms with Crippen molar-refractivity contribution >= 4 is 37.5 Å². The minimum Gasteiger partial charge on any atom is -0.258 e. The third kappa shape index (κ3) is 1.84. The maximum atomic E-state index is 10.4. The highest BCUT2D eigenvalue weighted by atomic mass is 79.9. The average molecular weight is 295 g/mol. The van der Waals surface area contributed by atoms with Gasteiger partial charge in [-0.05, 0) is 34.5 Å². The Morgan fingerprint density at radius 3 is 2.42 bits per heavy atom. The maximum Gasteiger partial charge on any atom is 0.284 e. The van der Waals surface area contributed by atoms with E-state index < -0.39 is 4.92 Å². The van der Waals surface area contributed by atoms with Crippen LogP contribution in [0.5, 0.6) is 0 Å². The van der Waals surface area contributed by atoms with Crippen LogP contribution in [-0.4, -0.2) is 4.92 Å². The largest absolute Gasteiger partial charge is 0.284 e. The molecule has 1 aromatic rings. The van der Waals surface area contributed by atoms with E-state index in [1.54, 1.807) is 6.07 Å². The molecule has 12 heavy (non-hydrogen) atoms. The van der Waals surface area contributed by atoms with Crippen molar-refractivity contribution in [3.8, 4) is 0 Å². The van der Waals surface area contributed by atoms with Crippen molar-refractivity contribution in [2.45, 2.75) is 6.92 Å². The summed E-state index contributed by atoms with van der Waals surface area (Å²) in [6.07, 6.45) is 0. The van der Waals surface area contributed by atoms with Crippen molar-refractivity contribution < 1.29 is 4.92 Å². The van der Waals surface area contributed by atoms with Gasteiger partial charge in [0, 0.05) is 10.5 Å². The summed E-state index contributed by atoms with van der Waals surface area (Å²) in [6.45, 7) is 1.87. The third-order valence-corrected chi connectivity index (χ3v) is 2.91. The van der Waals surface area contributed by atoms with Crippen LogP contribution >= 0.6 is 31.9 Å².